The van der Waals surface area contributed by atoms with Crippen LogP contribution in [0.15, 0.2) is 29.3 Å². The molecule has 3 N–H and O–H groups in total. The number of nitrogens with one attached hydrogen (secondary N) is 3. The lowest BCUT2D eigenvalue weighted by atomic mass is 9.97. The molecule has 9 heteroatoms. The van der Waals surface area contributed by atoms with E-state index < -0.39 is 0 Å². The molecule has 0 aromatic heterocycles. The summed E-state index contributed by atoms with van der Waals surface area (Å²) in [5, 5.41) is 8.96. The molecule has 0 unspecified atom stereocenters. The monoisotopic (exact) mass is 545 g/mol. The van der Waals surface area contributed by atoms with Crippen LogP contribution in [0.5, 0.6) is 0 Å². The minimum atomic E-state index is -0.212. The first-order valence-corrected chi connectivity index (χ1v) is 10.8. The second-order valence-electron chi connectivity index (χ2n) is 7.63. The zero-order chi connectivity index (χ0) is 21.9. The quantitative estimate of drug-likeness (QED) is 0.211. The van der Waals surface area contributed by atoms with Crippen molar-refractivity contribution in [3.05, 3.63) is 29.8 Å². The first kappa shape index (κ1) is 27.0. The van der Waals surface area contributed by atoms with Gasteiger partial charge in [-0.1, -0.05) is 12.1 Å². The lowest BCUT2D eigenvalue weighted by Crippen LogP contribution is -2.46. The summed E-state index contributed by atoms with van der Waals surface area (Å²) < 4.78 is 5.15. The molecule has 1 heterocycles. The molecule has 1 aromatic carbocycles. The molecule has 0 radical (unpaired) electrons. The highest BCUT2D eigenvalue weighted by molar-refractivity contribution is 14.0. The van der Waals surface area contributed by atoms with Crippen molar-refractivity contribution in [1.29, 1.82) is 0 Å². The van der Waals surface area contributed by atoms with Gasteiger partial charge in [0.2, 0.25) is 0 Å². The van der Waals surface area contributed by atoms with E-state index in [-0.39, 0.29) is 47.9 Å². The van der Waals surface area contributed by atoms with Crippen molar-refractivity contribution in [2.75, 3.05) is 31.6 Å². The minimum Gasteiger partial charge on any atom is -0.466 e. The van der Waals surface area contributed by atoms with E-state index in [1.54, 1.807) is 0 Å². The third-order valence-electron chi connectivity index (χ3n) is 4.79. The van der Waals surface area contributed by atoms with Gasteiger partial charge in [0, 0.05) is 31.4 Å². The third kappa shape index (κ3) is 9.32. The summed E-state index contributed by atoms with van der Waals surface area (Å²) in [6, 6.07) is 7.56. The largest absolute Gasteiger partial charge is 0.466 e. The highest BCUT2D eigenvalue weighted by Gasteiger charge is 2.27. The van der Waals surface area contributed by atoms with Crippen LogP contribution in [-0.4, -0.2) is 55.1 Å². The summed E-state index contributed by atoms with van der Waals surface area (Å²) in [4.78, 5) is 30.7. The lowest BCUT2D eigenvalue weighted by molar-refractivity contribution is -0.149. The zero-order valence-electron chi connectivity index (χ0n) is 18.9. The molecule has 0 bridgehead atoms. The number of esters is 1. The molecule has 2 rings (SSSR count). The molecule has 8 nitrogen and oxygen atoms in total. The van der Waals surface area contributed by atoms with Crippen LogP contribution in [0, 0.1) is 5.92 Å². The van der Waals surface area contributed by atoms with Gasteiger partial charge in [-0.2, -0.15) is 0 Å². The Morgan fingerprint density at radius 1 is 1.16 bits per heavy atom. The highest BCUT2D eigenvalue weighted by Crippen LogP contribution is 2.19. The summed E-state index contributed by atoms with van der Waals surface area (Å²) in [6.45, 7) is 11.0. The van der Waals surface area contributed by atoms with Crippen molar-refractivity contribution >= 4 is 47.6 Å². The summed E-state index contributed by atoms with van der Waals surface area (Å²) in [5.41, 5.74) is 1.80. The maximum absolute atomic E-state index is 11.9. The number of halogens is 1. The summed E-state index contributed by atoms with van der Waals surface area (Å²) in [6.07, 6.45) is 1.56. The Balaban J connectivity index is 0.00000480. The topological polar surface area (TPSA) is 95.1 Å². The van der Waals surface area contributed by atoms with E-state index in [2.05, 4.69) is 20.9 Å². The standard InChI is InChI=1S/C22H35N5O3.HI/c1-5-23-21(27-13-11-18(12-14-27)20(28)30-6-2)24-15-17-7-9-19(10-8-17)26-22(29)25-16(3)4;/h7-10,16,18H,5-6,11-15H2,1-4H3,(H,23,24)(H2,25,26,29);1H. The fourth-order valence-corrected chi connectivity index (χ4v) is 3.30. The number of hydrogen-bond donors (Lipinski definition) is 3. The number of carbonyl (C=O) groups is 2. The lowest BCUT2D eigenvalue weighted by Gasteiger charge is -2.33. The average molecular weight is 545 g/mol. The van der Waals surface area contributed by atoms with Crippen LogP contribution in [0.25, 0.3) is 0 Å². The molecular weight excluding hydrogens is 509 g/mol. The molecule has 174 valence electrons. The Kier molecular flexibility index (Phi) is 12.3. The van der Waals surface area contributed by atoms with Gasteiger partial charge in [-0.3, -0.25) is 4.79 Å². The van der Waals surface area contributed by atoms with Crippen molar-refractivity contribution < 1.29 is 14.3 Å². The van der Waals surface area contributed by atoms with Gasteiger partial charge >= 0.3 is 12.0 Å². The number of hydrogen-bond acceptors (Lipinski definition) is 4. The molecule has 0 aliphatic carbocycles. The van der Waals surface area contributed by atoms with E-state index in [0.29, 0.717) is 13.2 Å². The molecule has 1 saturated heterocycles. The number of carbonyl (C=O) groups excluding carboxylic acids is 2. The number of ether oxygens (including phenoxy) is 1. The number of benzene rings is 1. The number of nitrogens with zero attached hydrogens (tertiary/aromatic N) is 2. The fraction of sp³-hybridized carbons (Fsp3) is 0.591. The van der Waals surface area contributed by atoms with Gasteiger partial charge in [-0.15, -0.1) is 24.0 Å². The molecule has 1 aliphatic heterocycles. The van der Waals surface area contributed by atoms with E-state index in [0.717, 1.165) is 49.7 Å². The van der Waals surface area contributed by atoms with Crippen LogP contribution in [-0.2, 0) is 16.1 Å². The maximum atomic E-state index is 11.9. The first-order valence-electron chi connectivity index (χ1n) is 10.8. The van der Waals surface area contributed by atoms with E-state index in [4.69, 9.17) is 9.73 Å². The Morgan fingerprint density at radius 2 is 1.81 bits per heavy atom. The Labute approximate surface area is 202 Å². The second kappa shape index (κ2) is 14.1. The number of urea groups is 1. The van der Waals surface area contributed by atoms with E-state index in [1.165, 1.54) is 0 Å². The van der Waals surface area contributed by atoms with Crippen LogP contribution < -0.4 is 16.0 Å². The van der Waals surface area contributed by atoms with Crippen LogP contribution in [0.1, 0.15) is 46.1 Å². The van der Waals surface area contributed by atoms with E-state index in [9.17, 15) is 9.59 Å². The maximum Gasteiger partial charge on any atom is 0.319 e. The van der Waals surface area contributed by atoms with Gasteiger partial charge < -0.3 is 25.6 Å². The van der Waals surface area contributed by atoms with Gasteiger partial charge in [0.1, 0.15) is 0 Å². The molecule has 0 saturated carbocycles. The first-order chi connectivity index (χ1) is 14.4. The second-order valence-corrected chi connectivity index (χ2v) is 7.63. The number of aliphatic imine (C=N–C) groups is 1. The van der Waals surface area contributed by atoms with Gasteiger partial charge in [0.15, 0.2) is 5.96 Å². The summed E-state index contributed by atoms with van der Waals surface area (Å²) in [5.74, 6) is 0.755. The van der Waals surface area contributed by atoms with Crippen molar-refractivity contribution in [1.82, 2.24) is 15.5 Å². The molecular formula is C22H36IN5O3. The van der Waals surface area contributed by atoms with Gasteiger partial charge in [-0.05, 0) is 58.2 Å². The molecule has 1 aliphatic rings. The number of amides is 2. The predicted molar refractivity (Wildman–Crippen MR) is 135 cm³/mol. The van der Waals surface area contributed by atoms with Crippen molar-refractivity contribution in [2.24, 2.45) is 10.9 Å². The fourth-order valence-electron chi connectivity index (χ4n) is 3.30. The smallest absolute Gasteiger partial charge is 0.319 e. The number of likely N-dealkylation sites (tertiary alicyclic amines) is 1. The van der Waals surface area contributed by atoms with Gasteiger partial charge in [0.25, 0.3) is 0 Å². The number of anilines is 1. The minimum absolute atomic E-state index is 0. The SMILES string of the molecule is CCNC(=NCc1ccc(NC(=O)NC(C)C)cc1)N1CCC(C(=O)OCC)CC1.I. The Bertz CT molecular complexity index is 716. The highest BCUT2D eigenvalue weighted by atomic mass is 127. The summed E-state index contributed by atoms with van der Waals surface area (Å²) in [7, 11) is 0. The molecule has 0 atom stereocenters. The summed E-state index contributed by atoms with van der Waals surface area (Å²) >= 11 is 0. The van der Waals surface area contributed by atoms with Crippen molar-refractivity contribution in [2.45, 2.75) is 53.1 Å². The average Bonchev–Trinajstić information content (AvgIpc) is 2.72. The Hall–Kier alpha value is -2.04. The van der Waals surface area contributed by atoms with E-state index in [1.807, 2.05) is 52.0 Å². The molecule has 2 amide bonds. The van der Waals surface area contributed by atoms with Crippen LogP contribution in [0.3, 0.4) is 0 Å². The predicted octanol–water partition coefficient (Wildman–Crippen LogP) is 3.58. The molecule has 1 fully saturated rings. The van der Waals surface area contributed by atoms with Crippen LogP contribution in [0.2, 0.25) is 0 Å². The van der Waals surface area contributed by atoms with Gasteiger partial charge in [-0.25, -0.2) is 9.79 Å². The van der Waals surface area contributed by atoms with Crippen LogP contribution in [0.4, 0.5) is 10.5 Å². The Morgan fingerprint density at radius 3 is 2.35 bits per heavy atom. The van der Waals surface area contributed by atoms with Crippen molar-refractivity contribution in [3.8, 4) is 0 Å². The zero-order valence-corrected chi connectivity index (χ0v) is 21.3. The number of piperidine rings is 1. The number of guanidine groups is 1. The van der Waals surface area contributed by atoms with Gasteiger partial charge in [0.05, 0.1) is 19.1 Å². The van der Waals surface area contributed by atoms with E-state index >= 15 is 0 Å². The molecule has 0 spiro atoms. The molecule has 1 aromatic rings. The number of rotatable bonds is 7. The third-order valence-corrected chi connectivity index (χ3v) is 4.79. The van der Waals surface area contributed by atoms with Crippen LogP contribution >= 0.6 is 24.0 Å². The van der Waals surface area contributed by atoms with Crippen molar-refractivity contribution in [3.63, 3.8) is 0 Å². The normalized spacial score (nSPS) is 14.6. The molecule has 31 heavy (non-hydrogen) atoms.